The van der Waals surface area contributed by atoms with Crippen molar-refractivity contribution >= 4 is 5.97 Å². The number of hydrogen-bond acceptors (Lipinski definition) is 3. The minimum Gasteiger partial charge on any atom is -0.481 e. The molecule has 0 unspecified atom stereocenters. The van der Waals surface area contributed by atoms with E-state index in [2.05, 4.69) is 17.9 Å². The lowest BCUT2D eigenvalue weighted by molar-refractivity contribution is -0.137. The van der Waals surface area contributed by atoms with Crippen LogP contribution in [0.25, 0.3) is 0 Å². The van der Waals surface area contributed by atoms with Crippen molar-refractivity contribution in [3.05, 3.63) is 35.4 Å². The van der Waals surface area contributed by atoms with Gasteiger partial charge in [-0.1, -0.05) is 19.1 Å². The van der Waals surface area contributed by atoms with E-state index in [0.717, 1.165) is 25.1 Å². The van der Waals surface area contributed by atoms with Crippen LogP contribution >= 0.6 is 0 Å². The summed E-state index contributed by atoms with van der Waals surface area (Å²) in [7, 11) is 0. The maximum absolute atomic E-state index is 10.6. The molecule has 1 N–H and O–H groups in total. The second-order valence-corrected chi connectivity index (χ2v) is 4.23. The molecule has 0 saturated heterocycles. The molecule has 4 nitrogen and oxygen atoms in total. The van der Waals surface area contributed by atoms with Crippen molar-refractivity contribution in [1.29, 1.82) is 5.26 Å². The van der Waals surface area contributed by atoms with Gasteiger partial charge in [0, 0.05) is 13.1 Å². The fraction of sp³-hybridized carbons (Fsp3) is 0.429. The Labute approximate surface area is 107 Å². The molecule has 0 atom stereocenters. The first-order chi connectivity index (χ1) is 8.65. The Bertz CT molecular complexity index is 420. The summed E-state index contributed by atoms with van der Waals surface area (Å²) < 4.78 is 0. The predicted octanol–water partition coefficient (Wildman–Crippen LogP) is 2.24. The average Bonchev–Trinajstić information content (AvgIpc) is 2.37. The van der Waals surface area contributed by atoms with Gasteiger partial charge in [0.2, 0.25) is 0 Å². The Kier molecular flexibility index (Phi) is 5.89. The summed E-state index contributed by atoms with van der Waals surface area (Å²) in [5.74, 6) is -0.768. The first kappa shape index (κ1) is 14.2. The van der Waals surface area contributed by atoms with Gasteiger partial charge in [0.25, 0.3) is 0 Å². The van der Waals surface area contributed by atoms with Crippen LogP contribution < -0.4 is 0 Å². The van der Waals surface area contributed by atoms with Gasteiger partial charge >= 0.3 is 5.97 Å². The molecular weight excluding hydrogens is 228 g/mol. The Morgan fingerprint density at radius 1 is 1.33 bits per heavy atom. The van der Waals surface area contributed by atoms with Gasteiger partial charge in [-0.25, -0.2) is 0 Å². The Morgan fingerprint density at radius 3 is 2.50 bits per heavy atom. The van der Waals surface area contributed by atoms with Crippen molar-refractivity contribution in [1.82, 2.24) is 4.90 Å². The highest BCUT2D eigenvalue weighted by molar-refractivity contribution is 5.66. The molecule has 0 amide bonds. The zero-order chi connectivity index (χ0) is 13.4. The van der Waals surface area contributed by atoms with Crippen molar-refractivity contribution < 1.29 is 9.90 Å². The summed E-state index contributed by atoms with van der Waals surface area (Å²) in [6, 6.07) is 9.50. The SMILES string of the molecule is CCCN(CCC(=O)O)Cc1ccc(C#N)cc1. The predicted molar refractivity (Wildman–Crippen MR) is 69.0 cm³/mol. The molecule has 0 fully saturated rings. The minimum absolute atomic E-state index is 0.163. The highest BCUT2D eigenvalue weighted by Gasteiger charge is 2.07. The molecule has 0 heterocycles. The van der Waals surface area contributed by atoms with Crippen LogP contribution in [0.4, 0.5) is 0 Å². The monoisotopic (exact) mass is 246 g/mol. The van der Waals surface area contributed by atoms with Gasteiger partial charge in [-0.15, -0.1) is 0 Å². The van der Waals surface area contributed by atoms with Gasteiger partial charge in [-0.2, -0.15) is 5.26 Å². The molecular formula is C14H18N2O2. The van der Waals surface area contributed by atoms with Crippen molar-refractivity contribution in [2.75, 3.05) is 13.1 Å². The molecule has 4 heteroatoms. The molecule has 0 aliphatic rings. The Hall–Kier alpha value is -1.86. The van der Waals surface area contributed by atoms with Gasteiger partial charge in [-0.3, -0.25) is 9.69 Å². The third kappa shape index (κ3) is 4.98. The second kappa shape index (κ2) is 7.46. The first-order valence-corrected chi connectivity index (χ1v) is 6.09. The zero-order valence-corrected chi connectivity index (χ0v) is 10.6. The largest absolute Gasteiger partial charge is 0.481 e. The molecule has 0 aromatic heterocycles. The van der Waals surface area contributed by atoms with Crippen LogP contribution in [0, 0.1) is 11.3 Å². The van der Waals surface area contributed by atoms with E-state index in [1.165, 1.54) is 0 Å². The summed E-state index contributed by atoms with van der Waals surface area (Å²) in [5.41, 5.74) is 1.75. The third-order valence-corrected chi connectivity index (χ3v) is 2.67. The number of rotatable bonds is 7. The maximum Gasteiger partial charge on any atom is 0.304 e. The lowest BCUT2D eigenvalue weighted by Crippen LogP contribution is -2.26. The number of hydrogen-bond donors (Lipinski definition) is 1. The van der Waals surface area contributed by atoms with Crippen molar-refractivity contribution in [3.8, 4) is 6.07 Å². The van der Waals surface area contributed by atoms with Gasteiger partial charge in [0.05, 0.1) is 18.1 Å². The lowest BCUT2D eigenvalue weighted by Gasteiger charge is -2.20. The van der Waals surface area contributed by atoms with E-state index in [-0.39, 0.29) is 6.42 Å². The number of carbonyl (C=O) groups is 1. The van der Waals surface area contributed by atoms with Crippen LogP contribution in [-0.4, -0.2) is 29.1 Å². The maximum atomic E-state index is 10.6. The van der Waals surface area contributed by atoms with Gasteiger partial charge in [0.15, 0.2) is 0 Å². The Morgan fingerprint density at radius 2 is 2.00 bits per heavy atom. The minimum atomic E-state index is -0.768. The van der Waals surface area contributed by atoms with Gasteiger partial charge in [-0.05, 0) is 30.7 Å². The third-order valence-electron chi connectivity index (χ3n) is 2.67. The summed E-state index contributed by atoms with van der Waals surface area (Å²) in [6.07, 6.45) is 1.16. The summed E-state index contributed by atoms with van der Waals surface area (Å²) >= 11 is 0. The van der Waals surface area contributed by atoms with E-state index >= 15 is 0 Å². The molecule has 1 aromatic carbocycles. The van der Waals surface area contributed by atoms with Crippen molar-refractivity contribution in [2.45, 2.75) is 26.3 Å². The molecule has 18 heavy (non-hydrogen) atoms. The van der Waals surface area contributed by atoms with E-state index < -0.39 is 5.97 Å². The van der Waals surface area contributed by atoms with E-state index in [1.807, 2.05) is 12.1 Å². The molecule has 0 aliphatic carbocycles. The smallest absolute Gasteiger partial charge is 0.304 e. The molecule has 0 aliphatic heterocycles. The fourth-order valence-corrected chi connectivity index (χ4v) is 1.78. The number of nitriles is 1. The highest BCUT2D eigenvalue weighted by atomic mass is 16.4. The number of carboxylic acid groups (broad SMARTS) is 1. The normalized spacial score (nSPS) is 10.3. The topological polar surface area (TPSA) is 64.3 Å². The van der Waals surface area contributed by atoms with E-state index in [4.69, 9.17) is 10.4 Å². The number of nitrogens with zero attached hydrogens (tertiary/aromatic N) is 2. The van der Waals surface area contributed by atoms with Crippen LogP contribution in [0.15, 0.2) is 24.3 Å². The van der Waals surface area contributed by atoms with Crippen molar-refractivity contribution in [3.63, 3.8) is 0 Å². The van der Waals surface area contributed by atoms with Gasteiger partial charge < -0.3 is 5.11 Å². The fourth-order valence-electron chi connectivity index (χ4n) is 1.78. The highest BCUT2D eigenvalue weighted by Crippen LogP contribution is 2.08. The van der Waals surface area contributed by atoms with E-state index in [9.17, 15) is 4.79 Å². The number of benzene rings is 1. The van der Waals surface area contributed by atoms with E-state index in [0.29, 0.717) is 12.1 Å². The van der Waals surface area contributed by atoms with Crippen LogP contribution in [0.5, 0.6) is 0 Å². The van der Waals surface area contributed by atoms with Crippen LogP contribution in [0.2, 0.25) is 0 Å². The molecule has 0 radical (unpaired) electrons. The zero-order valence-electron chi connectivity index (χ0n) is 10.6. The number of aliphatic carboxylic acids is 1. The molecule has 1 rings (SSSR count). The molecule has 96 valence electrons. The van der Waals surface area contributed by atoms with Crippen LogP contribution in [-0.2, 0) is 11.3 Å². The Balaban J connectivity index is 2.58. The average molecular weight is 246 g/mol. The van der Waals surface area contributed by atoms with E-state index in [1.54, 1.807) is 12.1 Å². The van der Waals surface area contributed by atoms with Crippen LogP contribution in [0.3, 0.4) is 0 Å². The first-order valence-electron chi connectivity index (χ1n) is 6.09. The molecule has 0 spiro atoms. The molecule has 1 aromatic rings. The molecule has 0 bridgehead atoms. The van der Waals surface area contributed by atoms with Crippen LogP contribution in [0.1, 0.15) is 30.9 Å². The summed E-state index contributed by atoms with van der Waals surface area (Å²) in [6.45, 7) is 4.25. The second-order valence-electron chi connectivity index (χ2n) is 4.23. The van der Waals surface area contributed by atoms with Crippen molar-refractivity contribution in [2.24, 2.45) is 0 Å². The lowest BCUT2D eigenvalue weighted by atomic mass is 10.1. The molecule has 0 saturated carbocycles. The number of carboxylic acids is 1. The standard InChI is InChI=1S/C14H18N2O2/c1-2-8-16(9-7-14(17)18)11-13-5-3-12(10-15)4-6-13/h3-6H,2,7-9,11H2,1H3,(H,17,18). The van der Waals surface area contributed by atoms with Gasteiger partial charge in [0.1, 0.15) is 0 Å². The summed E-state index contributed by atoms with van der Waals surface area (Å²) in [4.78, 5) is 12.7. The summed E-state index contributed by atoms with van der Waals surface area (Å²) in [5, 5.41) is 17.4. The quantitative estimate of drug-likeness (QED) is 0.801.